The van der Waals surface area contributed by atoms with Crippen molar-refractivity contribution in [1.29, 1.82) is 0 Å². The van der Waals surface area contributed by atoms with Crippen LogP contribution >= 0.6 is 0 Å². The topological polar surface area (TPSA) is 87.7 Å². The number of fused-ring (bicyclic) bond motifs is 5. The smallest absolute Gasteiger partial charge is 0.238 e. The fraction of sp³-hybridized carbons (Fsp3) is 0.290. The molecule has 4 atom stereocenters. The number of aromatic nitrogens is 2. The molecule has 2 aliphatic heterocycles. The Morgan fingerprint density at radius 2 is 1.82 bits per heavy atom. The summed E-state index contributed by atoms with van der Waals surface area (Å²) >= 11 is 0. The first-order chi connectivity index (χ1) is 19.0. The zero-order valence-electron chi connectivity index (χ0n) is 22.3. The van der Waals surface area contributed by atoms with Crippen LogP contribution in [0.25, 0.3) is 0 Å². The highest BCUT2D eigenvalue weighted by atomic mass is 16.5. The molecule has 3 aliphatic rings. The quantitative estimate of drug-likeness (QED) is 0.372. The summed E-state index contributed by atoms with van der Waals surface area (Å²) < 4.78 is 5.41. The monoisotopic (exact) mass is 521 g/mol. The normalized spacial score (nSPS) is 23.8. The summed E-state index contributed by atoms with van der Waals surface area (Å²) in [6, 6.07) is 17.0. The van der Waals surface area contributed by atoms with Gasteiger partial charge < -0.3 is 15.0 Å². The molecule has 1 N–H and O–H groups in total. The Morgan fingerprint density at radius 3 is 2.49 bits per heavy atom. The molecule has 0 spiro atoms. The first-order valence-electron chi connectivity index (χ1n) is 13.2. The van der Waals surface area contributed by atoms with Gasteiger partial charge in [-0.3, -0.25) is 14.5 Å². The molecule has 39 heavy (non-hydrogen) atoms. The van der Waals surface area contributed by atoms with E-state index in [1.807, 2.05) is 55.6 Å². The first kappa shape index (κ1) is 24.9. The number of para-hydroxylation sites is 1. The molecule has 4 unspecified atom stereocenters. The van der Waals surface area contributed by atoms with E-state index in [-0.39, 0.29) is 23.8 Å². The van der Waals surface area contributed by atoms with Crippen LogP contribution in [0, 0.1) is 11.8 Å². The third kappa shape index (κ3) is 3.73. The number of amides is 2. The van der Waals surface area contributed by atoms with Crippen molar-refractivity contribution in [2.75, 3.05) is 30.9 Å². The molecule has 0 radical (unpaired) electrons. The number of allylic oxidation sites excluding steroid dienone is 2. The number of nitrogens with one attached hydrogen (secondary N) is 1. The maximum absolute atomic E-state index is 14.1. The number of hydrogen-bond donors (Lipinski definition) is 1. The second-order valence-corrected chi connectivity index (χ2v) is 10.2. The van der Waals surface area contributed by atoms with Crippen molar-refractivity contribution in [3.63, 3.8) is 0 Å². The Balaban J connectivity index is 1.57. The second-order valence-electron chi connectivity index (χ2n) is 10.2. The lowest BCUT2D eigenvalue weighted by atomic mass is 9.67. The van der Waals surface area contributed by atoms with Gasteiger partial charge in [0, 0.05) is 24.9 Å². The summed E-state index contributed by atoms with van der Waals surface area (Å²) in [5, 5.41) is 3.25. The van der Waals surface area contributed by atoms with E-state index in [1.165, 1.54) is 4.90 Å². The summed E-state index contributed by atoms with van der Waals surface area (Å²) in [6.07, 6.45) is 3.95. The van der Waals surface area contributed by atoms with Crippen molar-refractivity contribution in [3.05, 3.63) is 102 Å². The summed E-state index contributed by atoms with van der Waals surface area (Å²) in [4.78, 5) is 41.0. The summed E-state index contributed by atoms with van der Waals surface area (Å²) in [5.41, 5.74) is 5.48. The zero-order valence-corrected chi connectivity index (χ0v) is 22.3. The van der Waals surface area contributed by atoms with Crippen LogP contribution < -0.4 is 15.0 Å². The predicted octanol–water partition coefficient (Wildman–Crippen LogP) is 4.69. The van der Waals surface area contributed by atoms with Crippen molar-refractivity contribution in [1.82, 2.24) is 14.9 Å². The molecule has 3 aromatic rings. The van der Waals surface area contributed by atoms with E-state index in [1.54, 1.807) is 13.4 Å². The molecule has 2 amide bonds. The van der Waals surface area contributed by atoms with Crippen LogP contribution in [0.2, 0.25) is 0 Å². The van der Waals surface area contributed by atoms with Gasteiger partial charge in [0.25, 0.3) is 0 Å². The van der Waals surface area contributed by atoms with Gasteiger partial charge >= 0.3 is 0 Å². The molecule has 6 rings (SSSR count). The highest BCUT2D eigenvalue weighted by Crippen LogP contribution is 2.57. The lowest BCUT2D eigenvalue weighted by Crippen LogP contribution is -2.45. The number of carbonyl (C=O) groups is 2. The molecule has 8 nitrogen and oxygen atoms in total. The van der Waals surface area contributed by atoms with E-state index in [9.17, 15) is 9.59 Å². The van der Waals surface area contributed by atoms with Gasteiger partial charge in [-0.15, -0.1) is 6.58 Å². The minimum atomic E-state index is -0.557. The van der Waals surface area contributed by atoms with Crippen molar-refractivity contribution >= 4 is 23.3 Å². The number of imide groups is 1. The van der Waals surface area contributed by atoms with E-state index in [0.717, 1.165) is 33.8 Å². The number of ether oxygens (including phenoxy) is 1. The van der Waals surface area contributed by atoms with Gasteiger partial charge in [-0.05, 0) is 43.2 Å². The van der Waals surface area contributed by atoms with Gasteiger partial charge in [0.05, 0.1) is 42.3 Å². The molecule has 1 saturated heterocycles. The number of carbonyl (C=O) groups excluding carboxylic acids is 2. The number of rotatable bonds is 6. The van der Waals surface area contributed by atoms with Gasteiger partial charge in [0.1, 0.15) is 17.9 Å². The van der Waals surface area contributed by atoms with E-state index >= 15 is 0 Å². The second kappa shape index (κ2) is 9.69. The van der Waals surface area contributed by atoms with Crippen LogP contribution in [0.1, 0.15) is 42.1 Å². The molecule has 8 heteroatoms. The van der Waals surface area contributed by atoms with Crippen LogP contribution in [0.3, 0.4) is 0 Å². The highest BCUT2D eigenvalue weighted by Gasteiger charge is 2.58. The lowest BCUT2D eigenvalue weighted by molar-refractivity contribution is -0.122. The van der Waals surface area contributed by atoms with Gasteiger partial charge in [0.2, 0.25) is 11.8 Å². The van der Waals surface area contributed by atoms with Gasteiger partial charge in [-0.1, -0.05) is 42.0 Å². The lowest BCUT2D eigenvalue weighted by Gasteiger charge is -2.48. The standard InChI is InChI=1S/C31H31N5O3/c1-5-15-35-27-18(2)16-22-23(31(38)36(30(22)37)20-9-7-6-8-10-20)24(27)26-25(29(32-3)34-17-33-26)28(35)19-11-13-21(39-4)14-12-19/h5-14,17,22-24,28H,1,15-16H2,2-4H3,(H,32,33,34). The third-order valence-electron chi connectivity index (χ3n) is 8.21. The summed E-state index contributed by atoms with van der Waals surface area (Å²) in [6.45, 7) is 6.69. The Kier molecular flexibility index (Phi) is 6.17. The zero-order chi connectivity index (χ0) is 27.3. The Bertz CT molecular complexity index is 1480. The minimum Gasteiger partial charge on any atom is -0.497 e. The Hall–Kier alpha value is -4.46. The fourth-order valence-corrected chi connectivity index (χ4v) is 6.66. The van der Waals surface area contributed by atoms with Crippen molar-refractivity contribution in [2.45, 2.75) is 25.3 Å². The van der Waals surface area contributed by atoms with E-state index in [0.29, 0.717) is 24.5 Å². The molecular weight excluding hydrogens is 490 g/mol. The van der Waals surface area contributed by atoms with Crippen LogP contribution in [-0.4, -0.2) is 47.4 Å². The van der Waals surface area contributed by atoms with Gasteiger partial charge in [-0.2, -0.15) is 0 Å². The number of anilines is 2. The molecule has 1 aliphatic carbocycles. The molecular formula is C31H31N5O3. The fourth-order valence-electron chi connectivity index (χ4n) is 6.66. The molecule has 0 saturated carbocycles. The largest absolute Gasteiger partial charge is 0.497 e. The average Bonchev–Trinajstić information content (AvgIpc) is 3.21. The SMILES string of the molecule is C=CCN1C2=C(C)CC3C(=O)N(c4ccccc4)C(=O)C3C2c2ncnc(NC)c2C1c1ccc(OC)cc1. The van der Waals surface area contributed by atoms with Crippen molar-refractivity contribution in [3.8, 4) is 5.75 Å². The number of methoxy groups -OCH3 is 1. The summed E-state index contributed by atoms with van der Waals surface area (Å²) in [5.74, 6) is -0.240. The molecule has 3 heterocycles. The Morgan fingerprint density at radius 1 is 1.08 bits per heavy atom. The minimum absolute atomic E-state index is 0.147. The Labute approximate surface area is 228 Å². The van der Waals surface area contributed by atoms with Crippen LogP contribution in [-0.2, 0) is 9.59 Å². The van der Waals surface area contributed by atoms with Crippen LogP contribution in [0.15, 0.2) is 84.8 Å². The molecule has 0 bridgehead atoms. The number of hydrogen-bond acceptors (Lipinski definition) is 7. The molecule has 1 fully saturated rings. The van der Waals surface area contributed by atoms with Gasteiger partial charge in [-0.25, -0.2) is 9.97 Å². The number of nitrogens with zero attached hydrogens (tertiary/aromatic N) is 4. The summed E-state index contributed by atoms with van der Waals surface area (Å²) in [7, 11) is 3.49. The molecule has 2 aromatic carbocycles. The van der Waals surface area contributed by atoms with E-state index in [4.69, 9.17) is 9.72 Å². The number of benzene rings is 2. The predicted molar refractivity (Wildman–Crippen MR) is 149 cm³/mol. The molecule has 198 valence electrons. The average molecular weight is 522 g/mol. The highest BCUT2D eigenvalue weighted by molar-refractivity contribution is 6.22. The van der Waals surface area contributed by atoms with Crippen LogP contribution in [0.4, 0.5) is 11.5 Å². The van der Waals surface area contributed by atoms with Crippen molar-refractivity contribution < 1.29 is 14.3 Å². The maximum atomic E-state index is 14.1. The maximum Gasteiger partial charge on any atom is 0.238 e. The van der Waals surface area contributed by atoms with Gasteiger partial charge in [0.15, 0.2) is 0 Å². The van der Waals surface area contributed by atoms with Crippen molar-refractivity contribution in [2.24, 2.45) is 11.8 Å². The van der Waals surface area contributed by atoms with E-state index < -0.39 is 11.8 Å². The van der Waals surface area contributed by atoms with Crippen LogP contribution in [0.5, 0.6) is 5.75 Å². The third-order valence-corrected chi connectivity index (χ3v) is 8.21. The molecule has 1 aromatic heterocycles. The first-order valence-corrected chi connectivity index (χ1v) is 13.2. The van der Waals surface area contributed by atoms with E-state index in [2.05, 4.69) is 40.8 Å².